The van der Waals surface area contributed by atoms with Crippen molar-refractivity contribution in [1.82, 2.24) is 0 Å². The molecule has 0 saturated heterocycles. The van der Waals surface area contributed by atoms with Gasteiger partial charge in [0.05, 0.1) is 0 Å². The summed E-state index contributed by atoms with van der Waals surface area (Å²) in [6, 6.07) is 0. The summed E-state index contributed by atoms with van der Waals surface area (Å²) >= 11 is 1.47. The molecule has 0 amide bonds. The van der Waals surface area contributed by atoms with Gasteiger partial charge in [-0.1, -0.05) is 20.8 Å². The average molecular weight is 300 g/mol. The summed E-state index contributed by atoms with van der Waals surface area (Å²) in [4.78, 5) is 0. The first-order valence-electron chi connectivity index (χ1n) is 4.85. The predicted octanol–water partition coefficient (Wildman–Crippen LogP) is 2.62. The van der Waals surface area contributed by atoms with E-state index in [1.807, 2.05) is 20.8 Å². The Morgan fingerprint density at radius 3 is 0.933 bits per heavy atom. The minimum absolute atomic E-state index is 0.944. The normalized spacial score (nSPS) is 6.87. The van der Waals surface area contributed by atoms with Gasteiger partial charge in [0.2, 0.25) is 0 Å². The molecule has 0 heterocycles. The summed E-state index contributed by atoms with van der Waals surface area (Å²) in [5, 5.41) is 11.2. The van der Waals surface area contributed by atoms with E-state index in [0.717, 1.165) is 19.6 Å². The van der Waals surface area contributed by atoms with Crippen molar-refractivity contribution in [2.45, 2.75) is 20.8 Å². The molecule has 0 aromatic rings. The van der Waals surface area contributed by atoms with Gasteiger partial charge in [-0.25, -0.2) is 0 Å². The van der Waals surface area contributed by atoms with Crippen LogP contribution in [0.15, 0.2) is 3.60 Å². The molecular weight excluding hydrogens is 274 g/mol. The number of rotatable bonds is 3. The van der Waals surface area contributed by atoms with E-state index < -0.39 is 0 Å². The Bertz CT molecular complexity index is 58.0. The summed E-state index contributed by atoms with van der Waals surface area (Å²) in [6.45, 7) is 8.88. The molecule has 6 heteroatoms. The molecule has 5 nitrogen and oxygen atoms in total. The fourth-order valence-electron chi connectivity index (χ4n) is 0. The molecular formula is C9H26MoN5-3. The van der Waals surface area contributed by atoms with Gasteiger partial charge in [0, 0.05) is 0 Å². The third-order valence-corrected chi connectivity index (χ3v) is 0.949. The van der Waals surface area contributed by atoms with Crippen LogP contribution in [0.5, 0.6) is 0 Å². The van der Waals surface area contributed by atoms with Crippen molar-refractivity contribution in [2.24, 2.45) is 9.45 Å². The van der Waals surface area contributed by atoms with Crippen molar-refractivity contribution in [3.63, 3.8) is 0 Å². The molecule has 2 N–H and O–H groups in total. The molecule has 0 aliphatic rings. The number of hydrogen-bond acceptors (Lipinski definition) is 2. The second kappa shape index (κ2) is 47.4. The Hall–Kier alpha value is 0.328. The summed E-state index contributed by atoms with van der Waals surface area (Å²) in [5.41, 5.74) is 0. The van der Waals surface area contributed by atoms with Gasteiger partial charge >= 0.3 is 29.1 Å². The standard InChI is InChI=1S/3C3H8N.Mo.H2N2/c3*1-3-4-2;;1-2/h3*3H2,1-2H3;;1H2/q3*-1;;. The Labute approximate surface area is 107 Å². The van der Waals surface area contributed by atoms with E-state index >= 15 is 0 Å². The molecule has 0 aromatic carbocycles. The summed E-state index contributed by atoms with van der Waals surface area (Å²) in [5.74, 6) is 4.48. The zero-order chi connectivity index (χ0) is 12.9. The molecule has 0 aliphatic heterocycles. The zero-order valence-electron chi connectivity index (χ0n) is 10.9. The van der Waals surface area contributed by atoms with Crippen LogP contribution in [-0.2, 0) is 19.6 Å². The van der Waals surface area contributed by atoms with Gasteiger partial charge < -0.3 is 16.0 Å². The molecule has 0 unspecified atom stereocenters. The first-order valence-corrected chi connectivity index (χ1v) is 5.75. The molecule has 0 saturated carbocycles. The summed E-state index contributed by atoms with van der Waals surface area (Å²) in [6.07, 6.45) is 0. The first-order chi connectivity index (χ1) is 7.16. The van der Waals surface area contributed by atoms with Crippen LogP contribution in [0.3, 0.4) is 0 Å². The quantitative estimate of drug-likeness (QED) is 0.485. The predicted molar refractivity (Wildman–Crippen MR) is 66.1 cm³/mol. The van der Waals surface area contributed by atoms with Crippen LogP contribution in [0.2, 0.25) is 0 Å². The van der Waals surface area contributed by atoms with E-state index in [4.69, 9.17) is 0 Å². The van der Waals surface area contributed by atoms with Gasteiger partial charge in [-0.05, 0) is 0 Å². The van der Waals surface area contributed by atoms with Crippen LogP contribution in [0.1, 0.15) is 20.8 Å². The molecule has 0 radical (unpaired) electrons. The van der Waals surface area contributed by atoms with Crippen LogP contribution in [0.25, 0.3) is 16.0 Å². The summed E-state index contributed by atoms with van der Waals surface area (Å²) in [7, 11) is 5.42. The molecule has 0 aromatic heterocycles. The van der Waals surface area contributed by atoms with E-state index in [2.05, 4.69) is 25.4 Å². The molecule has 0 fully saturated rings. The third kappa shape index (κ3) is 197. The number of hydrogen-bond donors (Lipinski definition) is 1. The van der Waals surface area contributed by atoms with E-state index in [1.54, 1.807) is 21.1 Å². The topological polar surface area (TPSA) is 80.7 Å². The van der Waals surface area contributed by atoms with Crippen LogP contribution < -0.4 is 5.84 Å². The van der Waals surface area contributed by atoms with Crippen LogP contribution in [-0.4, -0.2) is 40.8 Å². The van der Waals surface area contributed by atoms with E-state index in [1.165, 1.54) is 19.6 Å². The maximum absolute atomic E-state index is 4.48. The molecule has 0 aliphatic carbocycles. The molecule has 15 heavy (non-hydrogen) atoms. The fraction of sp³-hybridized carbons (Fsp3) is 1.00. The Balaban J connectivity index is -0.0000000542. The van der Waals surface area contributed by atoms with Crippen molar-refractivity contribution in [1.29, 1.82) is 0 Å². The van der Waals surface area contributed by atoms with Crippen LogP contribution in [0, 0.1) is 0 Å². The molecule has 0 rings (SSSR count). The SMILES string of the molecule is CC[N-]C.CC[N-]C.CC[N-]C.N[N]=[Mo]. The zero-order valence-corrected chi connectivity index (χ0v) is 12.9. The molecule has 0 atom stereocenters. The second-order valence-corrected chi connectivity index (χ2v) is 2.52. The van der Waals surface area contributed by atoms with E-state index in [9.17, 15) is 0 Å². The van der Waals surface area contributed by atoms with E-state index in [-0.39, 0.29) is 0 Å². The van der Waals surface area contributed by atoms with Gasteiger partial charge in [0.25, 0.3) is 0 Å². The fourth-order valence-corrected chi connectivity index (χ4v) is 0. The molecule has 0 spiro atoms. The van der Waals surface area contributed by atoms with Crippen molar-refractivity contribution >= 4 is 0 Å². The minimum atomic E-state index is 0.944. The van der Waals surface area contributed by atoms with Gasteiger partial charge in [-0.15, -0.1) is 0 Å². The number of nitrogens with zero attached hydrogens (tertiary/aromatic N) is 4. The Morgan fingerprint density at radius 2 is 0.933 bits per heavy atom. The summed E-state index contributed by atoms with van der Waals surface area (Å²) < 4.78 is 3.01. The Morgan fingerprint density at radius 1 is 0.867 bits per heavy atom. The Kier molecular flexibility index (Phi) is 77.5. The third-order valence-electron chi connectivity index (χ3n) is 0.949. The first kappa shape index (κ1) is 24.5. The maximum atomic E-state index is 4.48. The average Bonchev–Trinajstić information content (AvgIpc) is 2.30. The van der Waals surface area contributed by atoms with Gasteiger partial charge in [0.15, 0.2) is 0 Å². The monoisotopic (exact) mass is 302 g/mol. The van der Waals surface area contributed by atoms with Crippen molar-refractivity contribution in [3.05, 3.63) is 16.0 Å². The van der Waals surface area contributed by atoms with Gasteiger partial charge in [0.1, 0.15) is 0 Å². The van der Waals surface area contributed by atoms with Crippen molar-refractivity contribution in [2.75, 3.05) is 40.8 Å². The molecule has 96 valence electrons. The second-order valence-electron chi connectivity index (χ2n) is 2.00. The number of nitrogens with two attached hydrogens (primary N) is 1. The van der Waals surface area contributed by atoms with E-state index in [0.29, 0.717) is 0 Å². The van der Waals surface area contributed by atoms with Crippen molar-refractivity contribution < 1.29 is 19.6 Å². The van der Waals surface area contributed by atoms with Crippen LogP contribution in [0.4, 0.5) is 0 Å². The van der Waals surface area contributed by atoms with Gasteiger partial charge in [-0.3, -0.25) is 0 Å². The van der Waals surface area contributed by atoms with Crippen LogP contribution >= 0.6 is 0 Å². The van der Waals surface area contributed by atoms with Crippen molar-refractivity contribution in [3.8, 4) is 0 Å². The van der Waals surface area contributed by atoms with Gasteiger partial charge in [-0.2, -0.15) is 40.8 Å². The molecule has 0 bridgehead atoms.